The van der Waals surface area contributed by atoms with Gasteiger partial charge in [0.05, 0.1) is 26.1 Å². The molecule has 0 saturated heterocycles. The van der Waals surface area contributed by atoms with E-state index in [1.807, 2.05) is 84.9 Å². The van der Waals surface area contributed by atoms with Crippen molar-refractivity contribution in [2.24, 2.45) is 5.10 Å². The molecule has 2 heterocycles. The van der Waals surface area contributed by atoms with E-state index in [0.29, 0.717) is 30.8 Å². The highest BCUT2D eigenvalue weighted by molar-refractivity contribution is 9.10. The number of rotatable bonds is 12. The van der Waals surface area contributed by atoms with E-state index in [9.17, 15) is 0 Å². The van der Waals surface area contributed by atoms with Gasteiger partial charge in [0.2, 0.25) is 17.8 Å². The van der Waals surface area contributed by atoms with Gasteiger partial charge in [-0.1, -0.05) is 46.3 Å². The number of hydrogen-bond acceptors (Lipinski definition) is 10. The SMILES string of the molecule is COc1ccc(Nc2nc(NCc3ccco3)nc(N/N=C\c3cc(Br)ccc3OCc3ccccc3)n2)cc1. The standard InChI is InChI=1S/C29H26BrN7O3/c1-38-24-12-10-23(11-13-24)33-28-34-27(31-18-25-8-5-15-39-25)35-29(36-28)37-32-17-21-16-22(30)9-14-26(21)40-19-20-6-3-2-4-7-20/h2-17H,18-19H2,1H3,(H3,31,33,34,35,36,37)/b32-17-. The van der Waals surface area contributed by atoms with Crippen LogP contribution in [0.3, 0.4) is 0 Å². The summed E-state index contributed by atoms with van der Waals surface area (Å²) >= 11 is 3.52. The highest BCUT2D eigenvalue weighted by atomic mass is 79.9. The zero-order valence-electron chi connectivity index (χ0n) is 21.5. The quantitative estimate of drug-likeness (QED) is 0.107. The summed E-state index contributed by atoms with van der Waals surface area (Å²) in [6.07, 6.45) is 3.27. The number of aromatic nitrogens is 3. The Labute approximate surface area is 239 Å². The molecule has 0 atom stereocenters. The third kappa shape index (κ3) is 7.58. The molecule has 3 N–H and O–H groups in total. The van der Waals surface area contributed by atoms with Crippen molar-refractivity contribution in [2.75, 3.05) is 23.2 Å². The molecule has 0 bridgehead atoms. The number of furan rings is 1. The van der Waals surface area contributed by atoms with Crippen LogP contribution in [0.2, 0.25) is 0 Å². The smallest absolute Gasteiger partial charge is 0.250 e. The normalized spacial score (nSPS) is 10.8. The molecule has 0 fully saturated rings. The minimum atomic E-state index is 0.242. The fourth-order valence-electron chi connectivity index (χ4n) is 3.59. The Hall–Kier alpha value is -4.90. The van der Waals surface area contributed by atoms with E-state index in [0.717, 1.165) is 32.8 Å². The van der Waals surface area contributed by atoms with Crippen molar-refractivity contribution in [3.05, 3.63) is 113 Å². The van der Waals surface area contributed by atoms with Crippen LogP contribution in [0.4, 0.5) is 23.5 Å². The average Bonchev–Trinajstić information content (AvgIpc) is 3.51. The maximum atomic E-state index is 6.05. The zero-order chi connectivity index (χ0) is 27.6. The second kappa shape index (κ2) is 13.3. The predicted octanol–water partition coefficient (Wildman–Crippen LogP) is 6.62. The molecular formula is C29H26BrN7O3. The maximum Gasteiger partial charge on any atom is 0.250 e. The summed E-state index contributed by atoms with van der Waals surface area (Å²) in [4.78, 5) is 13.4. The van der Waals surface area contributed by atoms with Crippen LogP contribution in [0.25, 0.3) is 0 Å². The fourth-order valence-corrected chi connectivity index (χ4v) is 3.97. The van der Waals surface area contributed by atoms with Crippen molar-refractivity contribution in [2.45, 2.75) is 13.2 Å². The molecule has 3 aromatic carbocycles. The first-order valence-corrected chi connectivity index (χ1v) is 13.1. The van der Waals surface area contributed by atoms with Gasteiger partial charge in [-0.15, -0.1) is 0 Å². The second-order valence-corrected chi connectivity index (χ2v) is 9.33. The van der Waals surface area contributed by atoms with Crippen LogP contribution in [0, 0.1) is 0 Å². The van der Waals surface area contributed by atoms with Crippen LogP contribution in [-0.4, -0.2) is 28.3 Å². The highest BCUT2D eigenvalue weighted by Crippen LogP contribution is 2.23. The summed E-state index contributed by atoms with van der Waals surface area (Å²) in [7, 11) is 1.62. The number of nitrogens with zero attached hydrogens (tertiary/aromatic N) is 4. The largest absolute Gasteiger partial charge is 0.497 e. The predicted molar refractivity (Wildman–Crippen MR) is 158 cm³/mol. The third-order valence-corrected chi connectivity index (χ3v) is 6.05. The molecule has 0 aliphatic rings. The van der Waals surface area contributed by atoms with Crippen LogP contribution in [0.1, 0.15) is 16.9 Å². The van der Waals surface area contributed by atoms with E-state index in [4.69, 9.17) is 13.9 Å². The van der Waals surface area contributed by atoms with Gasteiger partial charge in [0.25, 0.3) is 0 Å². The molecule has 0 saturated carbocycles. The number of methoxy groups -OCH3 is 1. The van der Waals surface area contributed by atoms with Gasteiger partial charge in [-0.3, -0.25) is 0 Å². The molecule has 40 heavy (non-hydrogen) atoms. The maximum absolute atomic E-state index is 6.05. The van der Waals surface area contributed by atoms with Crippen molar-refractivity contribution in [1.82, 2.24) is 15.0 Å². The lowest BCUT2D eigenvalue weighted by atomic mass is 10.2. The molecule has 11 heteroatoms. The topological polar surface area (TPSA) is 119 Å². The Morgan fingerprint density at radius 3 is 2.48 bits per heavy atom. The first-order valence-electron chi connectivity index (χ1n) is 12.3. The Bertz CT molecular complexity index is 1550. The van der Waals surface area contributed by atoms with E-state index in [1.54, 1.807) is 19.6 Å². The molecule has 10 nitrogen and oxygen atoms in total. The zero-order valence-corrected chi connectivity index (χ0v) is 23.1. The van der Waals surface area contributed by atoms with Crippen LogP contribution in [0.15, 0.2) is 105 Å². The van der Waals surface area contributed by atoms with Gasteiger partial charge in [0, 0.05) is 15.7 Å². The molecule has 0 spiro atoms. The summed E-state index contributed by atoms with van der Waals surface area (Å²) in [6.45, 7) is 0.844. The van der Waals surface area contributed by atoms with E-state index in [1.165, 1.54) is 0 Å². The first kappa shape index (κ1) is 26.7. The number of hydrazone groups is 1. The Balaban J connectivity index is 1.33. The van der Waals surface area contributed by atoms with Crippen molar-refractivity contribution in [1.29, 1.82) is 0 Å². The van der Waals surface area contributed by atoms with E-state index >= 15 is 0 Å². The number of benzene rings is 3. The van der Waals surface area contributed by atoms with Crippen LogP contribution in [-0.2, 0) is 13.2 Å². The number of nitrogens with one attached hydrogen (secondary N) is 3. The second-order valence-electron chi connectivity index (χ2n) is 8.42. The molecule has 0 amide bonds. The lowest BCUT2D eigenvalue weighted by molar-refractivity contribution is 0.306. The minimum Gasteiger partial charge on any atom is -0.497 e. The van der Waals surface area contributed by atoms with E-state index in [2.05, 4.69) is 52.0 Å². The Morgan fingerprint density at radius 2 is 1.70 bits per heavy atom. The van der Waals surface area contributed by atoms with Gasteiger partial charge in [-0.25, -0.2) is 5.43 Å². The van der Waals surface area contributed by atoms with Crippen molar-refractivity contribution >= 4 is 45.7 Å². The number of ether oxygens (including phenoxy) is 2. The summed E-state index contributed by atoms with van der Waals surface area (Å²) < 4.78 is 17.6. The minimum absolute atomic E-state index is 0.242. The monoisotopic (exact) mass is 599 g/mol. The first-order chi connectivity index (χ1) is 19.6. The molecule has 0 radical (unpaired) electrons. The summed E-state index contributed by atoms with van der Waals surface area (Å²) in [5.41, 5.74) is 5.54. The molecule has 0 aliphatic heterocycles. The van der Waals surface area contributed by atoms with Gasteiger partial charge in [0.1, 0.15) is 23.9 Å². The van der Waals surface area contributed by atoms with E-state index in [-0.39, 0.29) is 5.95 Å². The molecule has 5 rings (SSSR count). The molecule has 0 unspecified atom stereocenters. The van der Waals surface area contributed by atoms with Gasteiger partial charge < -0.3 is 24.5 Å². The summed E-state index contributed by atoms with van der Waals surface area (Å²) in [5, 5.41) is 10.7. The van der Waals surface area contributed by atoms with Crippen LogP contribution in [0.5, 0.6) is 11.5 Å². The van der Waals surface area contributed by atoms with Crippen molar-refractivity contribution in [3.63, 3.8) is 0 Å². The summed E-state index contributed by atoms with van der Waals surface area (Å²) in [6, 6.07) is 26.8. The molecule has 202 valence electrons. The van der Waals surface area contributed by atoms with Crippen LogP contribution >= 0.6 is 15.9 Å². The number of hydrogen-bond donors (Lipinski definition) is 3. The highest BCUT2D eigenvalue weighted by Gasteiger charge is 2.09. The Morgan fingerprint density at radius 1 is 0.900 bits per heavy atom. The summed E-state index contributed by atoms with van der Waals surface area (Å²) in [5.74, 6) is 3.10. The van der Waals surface area contributed by atoms with Gasteiger partial charge in [-0.2, -0.15) is 20.1 Å². The van der Waals surface area contributed by atoms with Gasteiger partial charge in [0.15, 0.2) is 0 Å². The average molecular weight is 600 g/mol. The van der Waals surface area contributed by atoms with Gasteiger partial charge in [-0.05, 0) is 60.2 Å². The Kier molecular flexibility index (Phi) is 8.84. The molecule has 5 aromatic rings. The van der Waals surface area contributed by atoms with E-state index < -0.39 is 0 Å². The van der Waals surface area contributed by atoms with Gasteiger partial charge >= 0.3 is 0 Å². The van der Waals surface area contributed by atoms with Crippen molar-refractivity contribution < 1.29 is 13.9 Å². The number of halogens is 1. The van der Waals surface area contributed by atoms with Crippen molar-refractivity contribution in [3.8, 4) is 11.5 Å². The lowest BCUT2D eigenvalue weighted by Gasteiger charge is -2.11. The molecular weight excluding hydrogens is 574 g/mol. The lowest BCUT2D eigenvalue weighted by Crippen LogP contribution is -2.09. The molecule has 2 aromatic heterocycles. The molecule has 0 aliphatic carbocycles. The van der Waals surface area contributed by atoms with Crippen LogP contribution < -0.4 is 25.5 Å². The fraction of sp³-hybridized carbons (Fsp3) is 0.103. The third-order valence-electron chi connectivity index (χ3n) is 5.56. The number of anilines is 4.